The summed E-state index contributed by atoms with van der Waals surface area (Å²) in [6, 6.07) is 0.949. The van der Waals surface area contributed by atoms with Gasteiger partial charge in [-0.05, 0) is 18.9 Å². The Morgan fingerprint density at radius 2 is 1.95 bits per heavy atom. The van der Waals surface area contributed by atoms with Crippen molar-refractivity contribution in [3.05, 3.63) is 29.3 Å². The van der Waals surface area contributed by atoms with Gasteiger partial charge in [0.25, 0.3) is 0 Å². The van der Waals surface area contributed by atoms with E-state index in [1.54, 1.807) is 0 Å². The number of sulfonamides is 1. The van der Waals surface area contributed by atoms with E-state index in [4.69, 9.17) is 9.84 Å². The van der Waals surface area contributed by atoms with Crippen LogP contribution in [0, 0.1) is 11.6 Å². The Morgan fingerprint density at radius 3 is 2.43 bits per heavy atom. The normalized spacial score (nSPS) is 16.5. The van der Waals surface area contributed by atoms with Gasteiger partial charge in [-0.2, -0.15) is 0 Å². The molecule has 0 atom stereocenters. The first-order chi connectivity index (χ1) is 9.72. The number of hydrogen-bond acceptors (Lipinski definition) is 4. The maximum absolute atomic E-state index is 13.2. The SMILES string of the molecule is COCC1(S(=O)(=O)Nc2cc(F)c(F)cc2C(=O)O)CC1. The van der Waals surface area contributed by atoms with E-state index in [-0.39, 0.29) is 6.61 Å². The molecule has 6 nitrogen and oxygen atoms in total. The molecule has 0 aliphatic heterocycles. The largest absolute Gasteiger partial charge is 0.478 e. The van der Waals surface area contributed by atoms with E-state index in [0.29, 0.717) is 25.0 Å². The quantitative estimate of drug-likeness (QED) is 0.830. The van der Waals surface area contributed by atoms with Gasteiger partial charge in [0.05, 0.1) is 17.9 Å². The zero-order chi connectivity index (χ0) is 15.8. The van der Waals surface area contributed by atoms with E-state index in [1.165, 1.54) is 7.11 Å². The van der Waals surface area contributed by atoms with Crippen molar-refractivity contribution in [2.45, 2.75) is 17.6 Å². The smallest absolute Gasteiger partial charge is 0.337 e. The van der Waals surface area contributed by atoms with Crippen LogP contribution in [0.4, 0.5) is 14.5 Å². The Kier molecular flexibility index (Phi) is 3.89. The van der Waals surface area contributed by atoms with E-state index in [1.807, 2.05) is 4.72 Å². The first-order valence-corrected chi connectivity index (χ1v) is 7.44. The van der Waals surface area contributed by atoms with Crippen molar-refractivity contribution < 1.29 is 31.8 Å². The third kappa shape index (κ3) is 2.84. The lowest BCUT2D eigenvalue weighted by Crippen LogP contribution is -2.34. The molecule has 0 spiro atoms. The fourth-order valence-corrected chi connectivity index (χ4v) is 3.54. The molecule has 1 aliphatic carbocycles. The number of aromatic carboxylic acids is 1. The summed E-state index contributed by atoms with van der Waals surface area (Å²) < 4.78 is 56.5. The van der Waals surface area contributed by atoms with Crippen LogP contribution in [-0.4, -0.2) is 38.0 Å². The second kappa shape index (κ2) is 5.23. The summed E-state index contributed by atoms with van der Waals surface area (Å²) in [6.45, 7) is -0.0611. The van der Waals surface area contributed by atoms with Gasteiger partial charge in [0, 0.05) is 13.2 Å². The van der Waals surface area contributed by atoms with Crippen molar-refractivity contribution in [2.24, 2.45) is 0 Å². The molecule has 0 heterocycles. The third-order valence-corrected chi connectivity index (χ3v) is 5.48. The first-order valence-electron chi connectivity index (χ1n) is 5.96. The molecule has 0 aromatic heterocycles. The van der Waals surface area contributed by atoms with E-state index >= 15 is 0 Å². The average Bonchev–Trinajstić information content (AvgIpc) is 3.14. The highest BCUT2D eigenvalue weighted by atomic mass is 32.2. The van der Waals surface area contributed by atoms with E-state index < -0.39 is 43.6 Å². The van der Waals surface area contributed by atoms with Gasteiger partial charge in [-0.1, -0.05) is 0 Å². The Balaban J connectivity index is 2.40. The minimum atomic E-state index is -3.98. The lowest BCUT2D eigenvalue weighted by atomic mass is 10.2. The molecule has 2 N–H and O–H groups in total. The van der Waals surface area contributed by atoms with Crippen molar-refractivity contribution in [1.82, 2.24) is 0 Å². The van der Waals surface area contributed by atoms with Crippen molar-refractivity contribution in [2.75, 3.05) is 18.4 Å². The van der Waals surface area contributed by atoms with Crippen LogP contribution in [0.2, 0.25) is 0 Å². The molecule has 116 valence electrons. The summed E-state index contributed by atoms with van der Waals surface area (Å²) in [5.74, 6) is -4.27. The fraction of sp³-hybridized carbons (Fsp3) is 0.417. The second-order valence-electron chi connectivity index (χ2n) is 4.84. The molecule has 0 saturated heterocycles. The van der Waals surface area contributed by atoms with Gasteiger partial charge in [0.2, 0.25) is 10.0 Å². The molecule has 0 unspecified atom stereocenters. The van der Waals surface area contributed by atoms with Crippen molar-refractivity contribution >= 4 is 21.7 Å². The van der Waals surface area contributed by atoms with Gasteiger partial charge in [-0.25, -0.2) is 22.0 Å². The highest BCUT2D eigenvalue weighted by Crippen LogP contribution is 2.44. The van der Waals surface area contributed by atoms with Gasteiger partial charge < -0.3 is 9.84 Å². The van der Waals surface area contributed by atoms with Gasteiger partial charge in [0.1, 0.15) is 4.75 Å². The van der Waals surface area contributed by atoms with Crippen molar-refractivity contribution in [1.29, 1.82) is 0 Å². The van der Waals surface area contributed by atoms with Gasteiger partial charge in [0.15, 0.2) is 11.6 Å². The summed E-state index contributed by atoms with van der Waals surface area (Å²) in [4.78, 5) is 11.0. The minimum absolute atomic E-state index is 0.0611. The molecule has 9 heteroatoms. The van der Waals surface area contributed by atoms with E-state index in [0.717, 1.165) is 0 Å². The van der Waals surface area contributed by atoms with Crippen LogP contribution >= 0.6 is 0 Å². The van der Waals surface area contributed by atoms with E-state index in [2.05, 4.69) is 0 Å². The number of nitrogens with one attached hydrogen (secondary N) is 1. The molecule has 0 amide bonds. The Hall–Kier alpha value is -1.74. The molecular weight excluding hydrogens is 308 g/mol. The predicted octanol–water partition coefficient (Wildman–Crippen LogP) is 1.58. The number of carboxylic acid groups (broad SMARTS) is 1. The van der Waals surface area contributed by atoms with Crippen molar-refractivity contribution in [3.8, 4) is 0 Å². The topological polar surface area (TPSA) is 92.7 Å². The van der Waals surface area contributed by atoms with Crippen LogP contribution in [0.5, 0.6) is 0 Å². The number of ether oxygens (including phenoxy) is 1. The number of hydrogen-bond donors (Lipinski definition) is 2. The van der Waals surface area contributed by atoms with Gasteiger partial charge in [-0.3, -0.25) is 4.72 Å². The summed E-state index contributed by atoms with van der Waals surface area (Å²) in [6.07, 6.45) is 0.699. The molecule has 1 saturated carbocycles. The maximum Gasteiger partial charge on any atom is 0.337 e. The van der Waals surface area contributed by atoms with Gasteiger partial charge >= 0.3 is 5.97 Å². The monoisotopic (exact) mass is 321 g/mol. The number of carbonyl (C=O) groups is 1. The number of anilines is 1. The molecule has 0 bridgehead atoms. The van der Waals surface area contributed by atoms with Crippen LogP contribution in [-0.2, 0) is 14.8 Å². The summed E-state index contributed by atoms with van der Waals surface area (Å²) in [5.41, 5.74) is -1.17. The summed E-state index contributed by atoms with van der Waals surface area (Å²) in [5, 5.41) is 8.95. The molecule has 0 radical (unpaired) electrons. The molecule has 1 aromatic rings. The van der Waals surface area contributed by atoms with Crippen LogP contribution in [0.25, 0.3) is 0 Å². The van der Waals surface area contributed by atoms with Crippen molar-refractivity contribution in [3.63, 3.8) is 0 Å². The lowest BCUT2D eigenvalue weighted by molar-refractivity contribution is 0.0697. The highest BCUT2D eigenvalue weighted by Gasteiger charge is 2.55. The highest BCUT2D eigenvalue weighted by molar-refractivity contribution is 7.94. The minimum Gasteiger partial charge on any atom is -0.478 e. The Morgan fingerprint density at radius 1 is 1.38 bits per heavy atom. The maximum atomic E-state index is 13.2. The average molecular weight is 321 g/mol. The first kappa shape index (κ1) is 15.6. The number of benzene rings is 1. The Bertz CT molecular complexity index is 685. The Labute approximate surface area is 119 Å². The molecule has 2 rings (SSSR count). The molecule has 21 heavy (non-hydrogen) atoms. The molecule has 1 aliphatic rings. The molecular formula is C12H13F2NO5S. The summed E-state index contributed by atoms with van der Waals surface area (Å²) in [7, 11) is -2.63. The lowest BCUT2D eigenvalue weighted by Gasteiger charge is -2.18. The zero-order valence-electron chi connectivity index (χ0n) is 11.0. The van der Waals surface area contributed by atoms with Crippen LogP contribution in [0.1, 0.15) is 23.2 Å². The zero-order valence-corrected chi connectivity index (χ0v) is 11.8. The van der Waals surface area contributed by atoms with Crippen LogP contribution in [0.15, 0.2) is 12.1 Å². The van der Waals surface area contributed by atoms with Gasteiger partial charge in [-0.15, -0.1) is 0 Å². The van der Waals surface area contributed by atoms with Crippen LogP contribution < -0.4 is 4.72 Å². The standard InChI is InChI=1S/C12H13F2NO5S/c1-20-6-12(2-3-12)21(18,19)15-10-5-9(14)8(13)4-7(10)11(16)17/h4-5,15H,2-3,6H2,1H3,(H,16,17). The fourth-order valence-electron chi connectivity index (χ4n) is 1.95. The molecule has 1 aromatic carbocycles. The number of methoxy groups -OCH3 is 1. The number of halogens is 2. The number of rotatable bonds is 6. The van der Waals surface area contributed by atoms with E-state index in [9.17, 15) is 22.0 Å². The second-order valence-corrected chi connectivity index (χ2v) is 6.92. The van der Waals surface area contributed by atoms with Crippen LogP contribution in [0.3, 0.4) is 0 Å². The number of carboxylic acids is 1. The predicted molar refractivity (Wildman–Crippen MR) is 69.7 cm³/mol. The summed E-state index contributed by atoms with van der Waals surface area (Å²) >= 11 is 0. The molecule has 1 fully saturated rings. The third-order valence-electron chi connectivity index (χ3n) is 3.32.